The molecule has 0 bridgehead atoms. The van der Waals surface area contributed by atoms with Crippen LogP contribution in [0.15, 0.2) is 30.7 Å². The van der Waals surface area contributed by atoms with Gasteiger partial charge in [0.15, 0.2) is 0 Å². The van der Waals surface area contributed by atoms with Crippen LogP contribution in [0.3, 0.4) is 0 Å². The highest BCUT2D eigenvalue weighted by molar-refractivity contribution is 6.34. The number of hydrogen-bond donors (Lipinski definition) is 2. The molecule has 1 spiro atoms. The van der Waals surface area contributed by atoms with Crippen molar-refractivity contribution in [2.75, 3.05) is 31.7 Å². The number of aromatic nitrogens is 3. The zero-order chi connectivity index (χ0) is 23.5. The van der Waals surface area contributed by atoms with Gasteiger partial charge in [-0.15, -0.1) is 0 Å². The van der Waals surface area contributed by atoms with Gasteiger partial charge >= 0.3 is 0 Å². The lowest BCUT2D eigenvalue weighted by Gasteiger charge is -2.25. The number of hydrogen-bond acceptors (Lipinski definition) is 5. The first-order chi connectivity index (χ1) is 15.7. The molecule has 2 unspecified atom stereocenters. The lowest BCUT2D eigenvalue weighted by molar-refractivity contribution is 0.0824. The van der Waals surface area contributed by atoms with Crippen LogP contribution in [0, 0.1) is 12.7 Å². The quantitative estimate of drug-likeness (QED) is 0.555. The monoisotopic (exact) mass is 468 g/mol. The first kappa shape index (κ1) is 21.7. The van der Waals surface area contributed by atoms with E-state index in [4.69, 9.17) is 17.3 Å². The Morgan fingerprint density at radius 1 is 1.33 bits per heavy atom. The molecule has 5 rings (SSSR count). The summed E-state index contributed by atoms with van der Waals surface area (Å²) in [6.45, 7) is 2.76. The zero-order valence-corrected chi connectivity index (χ0v) is 19.6. The molecule has 2 aromatic heterocycles. The van der Waals surface area contributed by atoms with E-state index in [9.17, 15) is 4.79 Å². The van der Waals surface area contributed by atoms with E-state index in [-0.39, 0.29) is 28.3 Å². The Kier molecular flexibility index (Phi) is 5.08. The maximum absolute atomic E-state index is 15.6. The number of amides is 1. The van der Waals surface area contributed by atoms with Gasteiger partial charge in [0, 0.05) is 60.8 Å². The number of aryl methyl sites for hydroxylation is 1. The Morgan fingerprint density at radius 2 is 2.12 bits per heavy atom. The van der Waals surface area contributed by atoms with Crippen molar-refractivity contribution >= 4 is 29.0 Å². The molecular weight excluding hydrogens is 443 g/mol. The SMILES string of the molecule is Cc1cnn(C2CCC3(CNc4ncc(-c5ccc(N)c(C(=O)N(C)C)c5F)c(Cl)c43)C2)c1. The smallest absolute Gasteiger partial charge is 0.258 e. The van der Waals surface area contributed by atoms with Crippen molar-refractivity contribution in [1.29, 1.82) is 0 Å². The van der Waals surface area contributed by atoms with Gasteiger partial charge in [-0.1, -0.05) is 11.6 Å². The van der Waals surface area contributed by atoms with Gasteiger partial charge in [-0.05, 0) is 43.9 Å². The number of pyridine rings is 1. The summed E-state index contributed by atoms with van der Waals surface area (Å²) in [5.41, 5.74) is 8.41. The molecule has 0 radical (unpaired) electrons. The van der Waals surface area contributed by atoms with Gasteiger partial charge in [-0.2, -0.15) is 5.10 Å². The minimum absolute atomic E-state index is 0.0893. The van der Waals surface area contributed by atoms with Crippen molar-refractivity contribution < 1.29 is 9.18 Å². The molecule has 0 saturated heterocycles. The summed E-state index contributed by atoms with van der Waals surface area (Å²) >= 11 is 6.97. The number of halogens is 2. The Labute approximate surface area is 196 Å². The van der Waals surface area contributed by atoms with E-state index in [1.165, 1.54) is 4.90 Å². The van der Waals surface area contributed by atoms with Crippen LogP contribution in [0.25, 0.3) is 11.1 Å². The van der Waals surface area contributed by atoms with Crippen molar-refractivity contribution in [3.05, 3.63) is 58.3 Å². The maximum Gasteiger partial charge on any atom is 0.258 e. The van der Waals surface area contributed by atoms with Gasteiger partial charge in [0.05, 0.1) is 22.8 Å². The average molecular weight is 469 g/mol. The summed E-state index contributed by atoms with van der Waals surface area (Å²) < 4.78 is 17.6. The molecule has 3 N–H and O–H groups in total. The van der Waals surface area contributed by atoms with Gasteiger partial charge in [-0.25, -0.2) is 9.37 Å². The van der Waals surface area contributed by atoms with Crippen LogP contribution in [0.5, 0.6) is 0 Å². The number of carbonyl (C=O) groups excluding carboxylic acids is 1. The number of benzene rings is 1. The summed E-state index contributed by atoms with van der Waals surface area (Å²) in [5, 5.41) is 8.37. The molecular formula is C24H26ClFN6O. The Bertz CT molecular complexity index is 1270. The van der Waals surface area contributed by atoms with E-state index < -0.39 is 11.7 Å². The fourth-order valence-corrected chi connectivity index (χ4v) is 5.66. The molecule has 172 valence electrons. The normalized spacial score (nSPS) is 21.3. The van der Waals surface area contributed by atoms with Gasteiger partial charge in [0.25, 0.3) is 5.91 Å². The third-order valence-corrected chi connectivity index (χ3v) is 7.30. The summed E-state index contributed by atoms with van der Waals surface area (Å²) in [5.74, 6) is -0.446. The first-order valence-electron chi connectivity index (χ1n) is 11.0. The van der Waals surface area contributed by atoms with Crippen LogP contribution in [0.2, 0.25) is 5.02 Å². The third kappa shape index (κ3) is 3.35. The van der Waals surface area contributed by atoms with E-state index in [0.29, 0.717) is 10.6 Å². The molecule has 1 fully saturated rings. The third-order valence-electron chi connectivity index (χ3n) is 6.91. The number of nitrogens with one attached hydrogen (secondary N) is 1. The number of nitrogens with zero attached hydrogens (tertiary/aromatic N) is 4. The summed E-state index contributed by atoms with van der Waals surface area (Å²) in [6, 6.07) is 3.37. The number of carbonyl (C=O) groups is 1. The Hall–Kier alpha value is -3.13. The summed E-state index contributed by atoms with van der Waals surface area (Å²) in [6.07, 6.45) is 8.27. The predicted octanol–water partition coefficient (Wildman–Crippen LogP) is 4.42. The molecule has 1 amide bonds. The highest BCUT2D eigenvalue weighted by atomic mass is 35.5. The van der Waals surface area contributed by atoms with E-state index in [2.05, 4.69) is 21.6 Å². The number of rotatable bonds is 3. The van der Waals surface area contributed by atoms with Gasteiger partial charge in [-0.3, -0.25) is 9.48 Å². The largest absolute Gasteiger partial charge is 0.398 e. The summed E-state index contributed by atoms with van der Waals surface area (Å²) in [4.78, 5) is 18.4. The van der Waals surface area contributed by atoms with Crippen LogP contribution in [-0.4, -0.2) is 46.2 Å². The fourth-order valence-electron chi connectivity index (χ4n) is 5.22. The minimum Gasteiger partial charge on any atom is -0.398 e. The molecule has 1 saturated carbocycles. The van der Waals surface area contributed by atoms with Crippen molar-refractivity contribution in [2.24, 2.45) is 0 Å². The van der Waals surface area contributed by atoms with Crippen LogP contribution >= 0.6 is 11.6 Å². The molecule has 2 aliphatic rings. The second-order valence-electron chi connectivity index (χ2n) is 9.33. The van der Waals surface area contributed by atoms with Gasteiger partial charge < -0.3 is 16.0 Å². The van der Waals surface area contributed by atoms with Crippen molar-refractivity contribution in [3.63, 3.8) is 0 Å². The predicted molar refractivity (Wildman–Crippen MR) is 127 cm³/mol. The molecule has 7 nitrogen and oxygen atoms in total. The minimum atomic E-state index is -0.686. The first-order valence-corrected chi connectivity index (χ1v) is 11.3. The van der Waals surface area contributed by atoms with Crippen molar-refractivity contribution in [2.45, 2.75) is 37.6 Å². The molecule has 3 heterocycles. The van der Waals surface area contributed by atoms with E-state index in [1.807, 2.05) is 17.8 Å². The highest BCUT2D eigenvalue weighted by Crippen LogP contribution is 2.54. The molecule has 1 aromatic carbocycles. The van der Waals surface area contributed by atoms with E-state index in [1.54, 1.807) is 32.4 Å². The second-order valence-corrected chi connectivity index (χ2v) is 9.71. The molecule has 33 heavy (non-hydrogen) atoms. The topological polar surface area (TPSA) is 89.1 Å². The standard InChI is InChI=1S/C24H26ClFN6O/c1-13-9-30-32(11-13)14-6-7-24(8-14)12-29-22-19(24)20(25)16(10-28-22)15-4-5-17(27)18(21(15)26)23(33)31(2)3/h4-5,9-11,14H,6-8,12,27H2,1-3H3,(H,28,29). The Morgan fingerprint density at radius 3 is 2.82 bits per heavy atom. The van der Waals surface area contributed by atoms with E-state index in [0.717, 1.165) is 42.8 Å². The summed E-state index contributed by atoms with van der Waals surface area (Å²) in [7, 11) is 3.12. The molecule has 3 aromatic rings. The van der Waals surface area contributed by atoms with E-state index >= 15 is 4.39 Å². The lowest BCUT2D eigenvalue weighted by atomic mass is 9.80. The number of nitrogen functional groups attached to an aromatic ring is 1. The Balaban J connectivity index is 1.58. The zero-order valence-electron chi connectivity index (χ0n) is 18.8. The number of fused-ring (bicyclic) bond motifs is 2. The maximum atomic E-state index is 15.6. The van der Waals surface area contributed by atoms with Crippen molar-refractivity contribution in [1.82, 2.24) is 19.7 Å². The second kappa shape index (κ2) is 7.73. The van der Waals surface area contributed by atoms with Crippen LogP contribution < -0.4 is 11.1 Å². The lowest BCUT2D eigenvalue weighted by Crippen LogP contribution is -2.26. The van der Waals surface area contributed by atoms with Crippen LogP contribution in [-0.2, 0) is 5.41 Å². The fraction of sp³-hybridized carbons (Fsp3) is 0.375. The highest BCUT2D eigenvalue weighted by Gasteiger charge is 2.48. The van der Waals surface area contributed by atoms with Gasteiger partial charge in [0.1, 0.15) is 11.6 Å². The number of anilines is 2. The molecule has 2 atom stereocenters. The van der Waals surface area contributed by atoms with Gasteiger partial charge in [0.2, 0.25) is 0 Å². The van der Waals surface area contributed by atoms with Crippen LogP contribution in [0.4, 0.5) is 15.9 Å². The molecule has 1 aliphatic heterocycles. The van der Waals surface area contributed by atoms with Crippen molar-refractivity contribution in [3.8, 4) is 11.1 Å². The molecule has 9 heteroatoms. The number of nitrogens with two attached hydrogens (primary N) is 1. The van der Waals surface area contributed by atoms with Crippen LogP contribution in [0.1, 0.15) is 46.8 Å². The molecule has 1 aliphatic carbocycles. The average Bonchev–Trinajstić information content (AvgIpc) is 3.49.